The Labute approximate surface area is 419 Å². The van der Waals surface area contributed by atoms with Gasteiger partial charge in [-0.2, -0.15) is 13.2 Å². The van der Waals surface area contributed by atoms with E-state index in [1.54, 1.807) is 23.4 Å². The maximum atomic E-state index is 14.0. The summed E-state index contributed by atoms with van der Waals surface area (Å²) in [6.07, 6.45) is 5.45. The van der Waals surface area contributed by atoms with Gasteiger partial charge in [-0.15, -0.1) is 0 Å². The summed E-state index contributed by atoms with van der Waals surface area (Å²) in [6.45, 7) is 11.2. The zero-order valence-corrected chi connectivity index (χ0v) is 41.8. The molecule has 72 heavy (non-hydrogen) atoms. The van der Waals surface area contributed by atoms with E-state index in [2.05, 4.69) is 62.3 Å². The highest BCUT2D eigenvalue weighted by Crippen LogP contribution is 2.38. The molecule has 0 bridgehead atoms. The second-order valence-corrected chi connectivity index (χ2v) is 20.3. The molecule has 1 aromatic carbocycles. The smallest absolute Gasteiger partial charge is 0.379 e. The molecule has 0 spiro atoms. The van der Waals surface area contributed by atoms with E-state index in [0.717, 1.165) is 24.1 Å². The Morgan fingerprint density at radius 2 is 1.56 bits per heavy atom. The number of hydrogen-bond donors (Lipinski definition) is 5. The number of anilines is 1. The Morgan fingerprint density at radius 3 is 2.25 bits per heavy atom. The van der Waals surface area contributed by atoms with Crippen LogP contribution < -0.4 is 26.6 Å². The molecule has 4 fully saturated rings. The molecule has 21 heteroatoms. The van der Waals surface area contributed by atoms with Gasteiger partial charge in [0.2, 0.25) is 29.5 Å². The second-order valence-electron chi connectivity index (χ2n) is 20.3. The molecule has 2 saturated carbocycles. The standard InChI is InChI=1S/C51H71F3N10O8/c1-5-63-44(66)29-38(45(63)33-7-6-18-55-30-33)48(68)56-19-22-71-24-26-72-25-23-70-21-17-43(65)59-35-11-8-32(9-12-35)47(67)61-41-28-36(62-50(2,3)4)13-15-42(41)64-20-16-40(49(64)69)60-46-37-27-34(51(52,53)54)10-14-39(37)57-31-58-46/h6-7,10,14,18,27,30-32,35-36,38,40-42,45,62H,5,8-9,11-13,15-17,19-26,28-29H2,1-4H3,(H,56,68)(H,59,65)(H,61,67)(H,57,58,60)/t32?,35?,36-,38?,40+,41-,42+,45-/m1/s1. The SMILES string of the molecule is CCN1C(=O)CC(C(=O)NCCOCCOCCOCCC(=O)NC2CCC(C(=O)N[C@@H]3C[C@H](NC(C)(C)C)CC[C@@H]3N3CC[C@H](Nc4ncnc5ccc(C(F)(F)F)cc45)C3=O)CC2)[C@H]1c1cccnc1. The zero-order valence-electron chi connectivity index (χ0n) is 41.8. The van der Waals surface area contributed by atoms with Crippen molar-refractivity contribution >= 4 is 46.3 Å². The van der Waals surface area contributed by atoms with E-state index in [0.29, 0.717) is 103 Å². The fourth-order valence-electron chi connectivity index (χ4n) is 10.7. The predicted octanol–water partition coefficient (Wildman–Crippen LogP) is 4.69. The summed E-state index contributed by atoms with van der Waals surface area (Å²) in [5.41, 5.74) is 0.176. The Bertz CT molecular complexity index is 2310. The number of fused-ring (bicyclic) bond motifs is 1. The number of amides is 5. The molecular formula is C51H71F3N10O8. The molecule has 394 valence electrons. The average Bonchev–Trinajstić information content (AvgIpc) is 3.88. The van der Waals surface area contributed by atoms with Gasteiger partial charge in [-0.25, -0.2) is 9.97 Å². The number of hydrogen-bond acceptors (Lipinski definition) is 13. The number of alkyl halides is 3. The summed E-state index contributed by atoms with van der Waals surface area (Å²) in [5.74, 6) is -1.20. The van der Waals surface area contributed by atoms with Crippen molar-refractivity contribution in [1.82, 2.24) is 46.0 Å². The van der Waals surface area contributed by atoms with Crippen LogP contribution in [0.5, 0.6) is 0 Å². The lowest BCUT2D eigenvalue weighted by Gasteiger charge is -2.43. The number of benzene rings is 1. The van der Waals surface area contributed by atoms with E-state index in [-0.39, 0.29) is 102 Å². The van der Waals surface area contributed by atoms with Crippen molar-refractivity contribution in [2.75, 3.05) is 64.6 Å². The third-order valence-electron chi connectivity index (χ3n) is 14.1. The fraction of sp³-hybridized carbons (Fsp3) is 0.647. The van der Waals surface area contributed by atoms with Gasteiger partial charge in [0.25, 0.3) is 0 Å². The molecule has 6 atom stereocenters. The normalized spacial score (nSPS) is 24.9. The number of halogens is 3. The Kier molecular flexibility index (Phi) is 18.8. The number of nitrogens with one attached hydrogen (secondary N) is 5. The number of carbonyl (C=O) groups excluding carboxylic acids is 5. The summed E-state index contributed by atoms with van der Waals surface area (Å²) in [5, 5.41) is 16.3. The number of ether oxygens (including phenoxy) is 3. The van der Waals surface area contributed by atoms with Crippen molar-refractivity contribution in [3.63, 3.8) is 0 Å². The number of likely N-dealkylation sites (tertiary alicyclic amines) is 2. The summed E-state index contributed by atoms with van der Waals surface area (Å²) < 4.78 is 57.6. The van der Waals surface area contributed by atoms with Crippen molar-refractivity contribution in [2.45, 2.75) is 140 Å². The molecule has 2 aliphatic heterocycles. The van der Waals surface area contributed by atoms with Crippen LogP contribution in [-0.2, 0) is 44.4 Å². The quantitative estimate of drug-likeness (QED) is 0.0865. The third kappa shape index (κ3) is 14.6. The highest BCUT2D eigenvalue weighted by Gasteiger charge is 2.45. The molecule has 4 aliphatic rings. The highest BCUT2D eigenvalue weighted by atomic mass is 19.4. The molecule has 18 nitrogen and oxygen atoms in total. The third-order valence-corrected chi connectivity index (χ3v) is 14.1. The van der Waals surface area contributed by atoms with Gasteiger partial charge in [0.15, 0.2) is 0 Å². The Morgan fingerprint density at radius 1 is 0.833 bits per heavy atom. The molecule has 1 unspecified atom stereocenters. The van der Waals surface area contributed by atoms with Gasteiger partial charge < -0.3 is 50.6 Å². The van der Waals surface area contributed by atoms with Crippen LogP contribution in [0, 0.1) is 11.8 Å². The zero-order chi connectivity index (χ0) is 51.4. The molecule has 4 heterocycles. The molecule has 2 aromatic heterocycles. The second kappa shape index (κ2) is 24.9. The first kappa shape index (κ1) is 54.3. The first-order valence-electron chi connectivity index (χ1n) is 25.5. The average molecular weight is 1010 g/mol. The molecule has 5 N–H and O–H groups in total. The number of nitrogens with zero attached hydrogens (tertiary/aromatic N) is 5. The summed E-state index contributed by atoms with van der Waals surface area (Å²) in [4.78, 5) is 82.4. The fourth-order valence-corrected chi connectivity index (χ4v) is 10.7. The van der Waals surface area contributed by atoms with Gasteiger partial charge in [-0.05, 0) is 109 Å². The van der Waals surface area contributed by atoms with Crippen LogP contribution in [-0.4, -0.2) is 149 Å². The maximum absolute atomic E-state index is 14.0. The van der Waals surface area contributed by atoms with Crippen LogP contribution in [0.15, 0.2) is 49.1 Å². The van der Waals surface area contributed by atoms with E-state index < -0.39 is 23.7 Å². The molecule has 5 amide bonds. The minimum atomic E-state index is -4.55. The largest absolute Gasteiger partial charge is 0.416 e. The molecule has 3 aromatic rings. The first-order chi connectivity index (χ1) is 34.5. The summed E-state index contributed by atoms with van der Waals surface area (Å²) in [6, 6.07) is 5.38. The van der Waals surface area contributed by atoms with Gasteiger partial charge in [0.05, 0.1) is 74.8 Å². The molecule has 2 aliphatic carbocycles. The van der Waals surface area contributed by atoms with E-state index in [1.165, 1.54) is 12.4 Å². The lowest BCUT2D eigenvalue weighted by molar-refractivity contribution is -0.137. The van der Waals surface area contributed by atoms with Crippen LogP contribution in [0.3, 0.4) is 0 Å². The highest BCUT2D eigenvalue weighted by molar-refractivity contribution is 5.93. The van der Waals surface area contributed by atoms with Crippen LogP contribution in [0.25, 0.3) is 10.9 Å². The Hall–Kier alpha value is -5.51. The van der Waals surface area contributed by atoms with E-state index in [1.807, 2.05) is 17.9 Å². The number of pyridine rings is 1. The monoisotopic (exact) mass is 1010 g/mol. The molecular weight excluding hydrogens is 938 g/mol. The lowest BCUT2D eigenvalue weighted by Crippen LogP contribution is -2.60. The molecule has 2 saturated heterocycles. The van der Waals surface area contributed by atoms with Crippen molar-refractivity contribution in [3.8, 4) is 0 Å². The van der Waals surface area contributed by atoms with Crippen LogP contribution in [0.4, 0.5) is 19.0 Å². The number of aromatic nitrogens is 3. The predicted molar refractivity (Wildman–Crippen MR) is 261 cm³/mol. The van der Waals surface area contributed by atoms with E-state index in [9.17, 15) is 37.1 Å². The Balaban J connectivity index is 0.771. The molecule has 7 rings (SSSR count). The minimum absolute atomic E-state index is 0.0518. The lowest BCUT2D eigenvalue weighted by atomic mass is 9.82. The van der Waals surface area contributed by atoms with Crippen LogP contribution >= 0.6 is 0 Å². The van der Waals surface area contributed by atoms with Gasteiger partial charge in [0.1, 0.15) is 18.2 Å². The van der Waals surface area contributed by atoms with Crippen molar-refractivity contribution in [1.29, 1.82) is 0 Å². The van der Waals surface area contributed by atoms with Gasteiger partial charge >= 0.3 is 6.18 Å². The topological polar surface area (TPSA) is 218 Å². The van der Waals surface area contributed by atoms with Crippen molar-refractivity contribution in [2.24, 2.45) is 11.8 Å². The van der Waals surface area contributed by atoms with Gasteiger partial charge in [0, 0.05) is 73.8 Å². The number of carbonyl (C=O) groups is 5. The first-order valence-corrected chi connectivity index (χ1v) is 25.5. The van der Waals surface area contributed by atoms with Crippen molar-refractivity contribution < 1.29 is 51.4 Å². The summed E-state index contributed by atoms with van der Waals surface area (Å²) >= 11 is 0. The molecule has 0 radical (unpaired) electrons. The number of rotatable bonds is 22. The summed E-state index contributed by atoms with van der Waals surface area (Å²) in [7, 11) is 0. The van der Waals surface area contributed by atoms with Gasteiger partial charge in [-0.3, -0.25) is 29.0 Å². The van der Waals surface area contributed by atoms with E-state index >= 15 is 0 Å². The maximum Gasteiger partial charge on any atom is 0.416 e. The van der Waals surface area contributed by atoms with Crippen LogP contribution in [0.2, 0.25) is 0 Å². The van der Waals surface area contributed by atoms with Gasteiger partial charge in [-0.1, -0.05) is 6.07 Å². The van der Waals surface area contributed by atoms with Crippen LogP contribution in [0.1, 0.15) is 109 Å². The van der Waals surface area contributed by atoms with E-state index in [4.69, 9.17) is 14.2 Å². The minimum Gasteiger partial charge on any atom is -0.379 e. The van der Waals surface area contributed by atoms with Crippen molar-refractivity contribution in [3.05, 3.63) is 60.2 Å².